The summed E-state index contributed by atoms with van der Waals surface area (Å²) in [7, 11) is 1.25. The Labute approximate surface area is 385 Å². The molecule has 8 nitrogen and oxygen atoms in total. The Kier molecular flexibility index (Phi) is 44.0. The van der Waals surface area contributed by atoms with Crippen molar-refractivity contribution >= 4 is 13.7 Å². The topological polar surface area (TPSA) is 108 Å². The van der Waals surface area contributed by atoms with Crippen LogP contribution in [-0.4, -0.2) is 68.5 Å². The second kappa shape index (κ2) is 44.9. The Balaban J connectivity index is 4.07. The van der Waals surface area contributed by atoms with Gasteiger partial charge in [0, 0.05) is 6.42 Å². The Morgan fingerprint density at radius 3 is 1.31 bits per heavy atom. The van der Waals surface area contributed by atoms with Crippen molar-refractivity contribution in [3.05, 3.63) is 36.5 Å². The van der Waals surface area contributed by atoms with Crippen LogP contribution >= 0.6 is 7.82 Å². The summed E-state index contributed by atoms with van der Waals surface area (Å²) >= 11 is 0. The molecule has 0 bridgehead atoms. The number of aliphatic hydroxyl groups excluding tert-OH is 1. The number of nitrogens with one attached hydrogen (secondary N) is 1. The number of hydrogen-bond donors (Lipinski definition) is 2. The van der Waals surface area contributed by atoms with E-state index in [2.05, 4.69) is 43.5 Å². The SMILES string of the molecule is CCCCCCC/C=C/CC/C=C/C(O)C(COP(=O)([O-])OCC[N+](C)(C)C)NC(=O)CCCCCCCCCCCCCCC/C=C\CCCCCCCCCCCCCC. The third-order valence-electron chi connectivity index (χ3n) is 11.8. The number of allylic oxidation sites excluding steroid dienone is 5. The number of amides is 1. The van der Waals surface area contributed by atoms with Crippen molar-refractivity contribution in [2.24, 2.45) is 0 Å². The first kappa shape index (κ1) is 60.7. The van der Waals surface area contributed by atoms with Gasteiger partial charge in [0.1, 0.15) is 13.2 Å². The molecule has 2 N–H and O–H groups in total. The molecular weight excluding hydrogens is 792 g/mol. The number of quaternary nitrogens is 1. The molecule has 0 aromatic carbocycles. The van der Waals surface area contributed by atoms with Crippen LogP contribution < -0.4 is 10.2 Å². The summed E-state index contributed by atoms with van der Waals surface area (Å²) in [5, 5.41) is 13.8. The van der Waals surface area contributed by atoms with Crippen molar-refractivity contribution in [3.8, 4) is 0 Å². The highest BCUT2D eigenvalue weighted by Gasteiger charge is 2.23. The van der Waals surface area contributed by atoms with E-state index in [-0.39, 0.29) is 12.5 Å². The van der Waals surface area contributed by atoms with E-state index in [1.165, 1.54) is 186 Å². The van der Waals surface area contributed by atoms with Gasteiger partial charge in [-0.1, -0.05) is 217 Å². The molecule has 0 aromatic rings. The Hall–Kier alpha value is -1.28. The van der Waals surface area contributed by atoms with Gasteiger partial charge >= 0.3 is 0 Å². The highest BCUT2D eigenvalue weighted by molar-refractivity contribution is 7.45. The fraction of sp³-hybridized carbons (Fsp3) is 0.868. The van der Waals surface area contributed by atoms with Gasteiger partial charge in [-0.3, -0.25) is 9.36 Å². The number of carbonyl (C=O) groups excluding carboxylic acids is 1. The van der Waals surface area contributed by atoms with Crippen molar-refractivity contribution in [3.63, 3.8) is 0 Å². The quantitative estimate of drug-likeness (QED) is 0.0273. The molecule has 0 radical (unpaired) electrons. The van der Waals surface area contributed by atoms with E-state index >= 15 is 0 Å². The minimum absolute atomic E-state index is 0.00595. The van der Waals surface area contributed by atoms with Crippen LogP contribution in [-0.2, 0) is 18.4 Å². The number of unbranched alkanes of at least 4 members (excludes halogenated alkanes) is 31. The molecule has 0 fully saturated rings. The number of phosphoric acid groups is 1. The molecule has 3 atom stereocenters. The van der Waals surface area contributed by atoms with Gasteiger partial charge in [0.15, 0.2) is 0 Å². The van der Waals surface area contributed by atoms with Crippen LogP contribution in [0.25, 0.3) is 0 Å². The molecule has 0 aliphatic heterocycles. The van der Waals surface area contributed by atoms with E-state index in [0.29, 0.717) is 17.4 Å². The van der Waals surface area contributed by atoms with Gasteiger partial charge in [-0.25, -0.2) is 0 Å². The zero-order valence-electron chi connectivity index (χ0n) is 41.6. The molecule has 0 saturated carbocycles. The minimum Gasteiger partial charge on any atom is -0.756 e. The maximum atomic E-state index is 12.9. The van der Waals surface area contributed by atoms with Gasteiger partial charge in [0.05, 0.1) is 39.9 Å². The number of aliphatic hydroxyl groups is 1. The fourth-order valence-corrected chi connectivity index (χ4v) is 8.36. The van der Waals surface area contributed by atoms with Crippen molar-refractivity contribution in [1.82, 2.24) is 5.32 Å². The predicted octanol–water partition coefficient (Wildman–Crippen LogP) is 14.8. The van der Waals surface area contributed by atoms with E-state index in [9.17, 15) is 19.4 Å². The number of carbonyl (C=O) groups is 1. The van der Waals surface area contributed by atoms with Crippen LogP contribution in [0.4, 0.5) is 0 Å². The monoisotopic (exact) mass is 895 g/mol. The van der Waals surface area contributed by atoms with E-state index in [1.807, 2.05) is 27.2 Å². The van der Waals surface area contributed by atoms with Crippen LogP contribution in [0.15, 0.2) is 36.5 Å². The van der Waals surface area contributed by atoms with Crippen LogP contribution in [0.1, 0.15) is 245 Å². The zero-order valence-corrected chi connectivity index (χ0v) is 42.5. The third-order valence-corrected chi connectivity index (χ3v) is 12.8. The zero-order chi connectivity index (χ0) is 45.7. The summed E-state index contributed by atoms with van der Waals surface area (Å²) in [5.74, 6) is -0.207. The summed E-state index contributed by atoms with van der Waals surface area (Å²) in [6, 6.07) is -0.900. The molecular formula is C53H103N2O6P. The van der Waals surface area contributed by atoms with Gasteiger partial charge in [0.2, 0.25) is 5.91 Å². The smallest absolute Gasteiger partial charge is 0.268 e. The maximum Gasteiger partial charge on any atom is 0.268 e. The average molecular weight is 895 g/mol. The highest BCUT2D eigenvalue weighted by Crippen LogP contribution is 2.38. The van der Waals surface area contributed by atoms with Crippen LogP contribution in [0.2, 0.25) is 0 Å². The molecule has 0 heterocycles. The summed E-state index contributed by atoms with van der Waals surface area (Å²) in [6.07, 6.45) is 56.6. The minimum atomic E-state index is -4.59. The number of rotatable bonds is 48. The van der Waals surface area contributed by atoms with Gasteiger partial charge < -0.3 is 28.8 Å². The van der Waals surface area contributed by atoms with Crippen molar-refractivity contribution < 1.29 is 32.9 Å². The summed E-state index contributed by atoms with van der Waals surface area (Å²) in [5.41, 5.74) is 0. The molecule has 366 valence electrons. The molecule has 0 saturated heterocycles. The molecule has 62 heavy (non-hydrogen) atoms. The standard InChI is InChI=1S/C53H103N2O6P/c1-6-8-10-12-14-16-18-19-20-21-22-23-24-25-26-27-28-29-30-31-32-33-34-35-37-39-41-43-45-47-53(57)54-51(50-61-62(58,59)60-49-48-55(3,4)5)52(56)46-44-42-40-38-36-17-15-13-11-9-7-2/h25-26,36,38,44,46,51-52,56H,6-24,27-35,37,39-43,45,47-50H2,1-5H3,(H-,54,57,58,59)/b26-25-,38-36+,46-44+. The molecule has 3 unspecified atom stereocenters. The molecule has 0 rings (SSSR count). The molecule has 1 amide bonds. The van der Waals surface area contributed by atoms with E-state index < -0.39 is 26.6 Å². The van der Waals surface area contributed by atoms with Gasteiger partial charge in [-0.15, -0.1) is 0 Å². The largest absolute Gasteiger partial charge is 0.756 e. The summed E-state index contributed by atoms with van der Waals surface area (Å²) in [4.78, 5) is 25.3. The first-order chi connectivity index (χ1) is 30.0. The van der Waals surface area contributed by atoms with Gasteiger partial charge in [-0.2, -0.15) is 0 Å². The number of nitrogens with zero attached hydrogens (tertiary/aromatic N) is 1. The van der Waals surface area contributed by atoms with Crippen LogP contribution in [0.5, 0.6) is 0 Å². The maximum absolute atomic E-state index is 12.9. The molecule has 0 aliphatic carbocycles. The lowest BCUT2D eigenvalue weighted by Crippen LogP contribution is -2.45. The van der Waals surface area contributed by atoms with E-state index in [0.717, 1.165) is 38.5 Å². The summed E-state index contributed by atoms with van der Waals surface area (Å²) in [6.45, 7) is 4.61. The fourth-order valence-electron chi connectivity index (χ4n) is 7.63. The lowest BCUT2D eigenvalue weighted by Gasteiger charge is -2.29. The molecule has 9 heteroatoms. The van der Waals surface area contributed by atoms with Crippen LogP contribution in [0, 0.1) is 0 Å². The first-order valence-corrected chi connectivity index (χ1v) is 27.8. The third kappa shape index (κ3) is 46.7. The second-order valence-electron chi connectivity index (χ2n) is 19.2. The van der Waals surface area contributed by atoms with E-state index in [4.69, 9.17) is 9.05 Å². The predicted molar refractivity (Wildman–Crippen MR) is 265 cm³/mol. The lowest BCUT2D eigenvalue weighted by atomic mass is 10.0. The Morgan fingerprint density at radius 1 is 0.548 bits per heavy atom. The van der Waals surface area contributed by atoms with Gasteiger partial charge in [0.25, 0.3) is 7.82 Å². The second-order valence-corrected chi connectivity index (χ2v) is 20.6. The van der Waals surface area contributed by atoms with Crippen molar-refractivity contribution in [2.75, 3.05) is 40.9 Å². The molecule has 0 spiro atoms. The van der Waals surface area contributed by atoms with Crippen molar-refractivity contribution in [2.45, 2.75) is 257 Å². The number of phosphoric ester groups is 1. The Morgan fingerprint density at radius 2 is 0.903 bits per heavy atom. The first-order valence-electron chi connectivity index (χ1n) is 26.4. The van der Waals surface area contributed by atoms with Crippen molar-refractivity contribution in [1.29, 1.82) is 0 Å². The van der Waals surface area contributed by atoms with Crippen LogP contribution in [0.3, 0.4) is 0 Å². The highest BCUT2D eigenvalue weighted by atomic mass is 31.2. The normalized spacial score (nSPS) is 14.4. The summed E-state index contributed by atoms with van der Waals surface area (Å²) < 4.78 is 23.2. The number of likely N-dealkylation sites (N-methyl/N-ethyl adjacent to an activating group) is 1. The lowest BCUT2D eigenvalue weighted by molar-refractivity contribution is -0.870. The van der Waals surface area contributed by atoms with Gasteiger partial charge in [-0.05, 0) is 57.8 Å². The molecule has 0 aromatic heterocycles. The van der Waals surface area contributed by atoms with E-state index in [1.54, 1.807) is 6.08 Å². The average Bonchev–Trinajstić information content (AvgIpc) is 3.23. The Bertz CT molecular complexity index is 1110. The number of hydrogen-bond acceptors (Lipinski definition) is 6. The molecule has 0 aliphatic rings.